The Morgan fingerprint density at radius 3 is 2.44 bits per heavy atom. The average molecular weight is 449 g/mol. The van der Waals surface area contributed by atoms with Gasteiger partial charge >= 0.3 is 0 Å². The number of carbonyl (C=O) groups is 1. The molecule has 0 spiro atoms. The van der Waals surface area contributed by atoms with Crippen LogP contribution in [0.15, 0.2) is 47.3 Å². The number of fused-ring (bicyclic) bond motifs is 1. The van der Waals surface area contributed by atoms with Gasteiger partial charge < -0.3 is 0 Å². The van der Waals surface area contributed by atoms with Crippen molar-refractivity contribution in [2.45, 2.75) is 47.1 Å². The van der Waals surface area contributed by atoms with E-state index < -0.39 is 0 Å². The molecule has 6 heteroatoms. The zero-order chi connectivity index (χ0) is 23.0. The van der Waals surface area contributed by atoms with Gasteiger partial charge in [-0.25, -0.2) is 9.37 Å². The maximum Gasteiger partial charge on any atom is 0.263 e. The van der Waals surface area contributed by atoms with Gasteiger partial charge in [-0.2, -0.15) is 0 Å². The van der Waals surface area contributed by atoms with Crippen LogP contribution in [0.2, 0.25) is 0 Å². The second-order valence-electron chi connectivity index (χ2n) is 8.11. The third-order valence-electron chi connectivity index (χ3n) is 5.80. The van der Waals surface area contributed by atoms with Gasteiger partial charge in [-0.1, -0.05) is 31.2 Å². The topological polar surface area (TPSA) is 52.0 Å². The molecule has 4 nitrogen and oxygen atoms in total. The fourth-order valence-electron chi connectivity index (χ4n) is 3.93. The van der Waals surface area contributed by atoms with E-state index in [0.29, 0.717) is 28.0 Å². The molecule has 0 saturated heterocycles. The van der Waals surface area contributed by atoms with E-state index in [2.05, 4.69) is 0 Å². The molecule has 4 aromatic rings. The van der Waals surface area contributed by atoms with Gasteiger partial charge in [0.15, 0.2) is 5.78 Å². The van der Waals surface area contributed by atoms with E-state index in [-0.39, 0.29) is 23.7 Å². The molecule has 4 rings (SSSR count). The zero-order valence-electron chi connectivity index (χ0n) is 18.7. The number of nitrogens with zero attached hydrogens (tertiary/aromatic N) is 2. The molecule has 2 heterocycles. The number of hydrogen-bond donors (Lipinski definition) is 0. The van der Waals surface area contributed by atoms with Crippen molar-refractivity contribution in [1.29, 1.82) is 0 Å². The van der Waals surface area contributed by atoms with E-state index in [0.717, 1.165) is 33.6 Å². The highest BCUT2D eigenvalue weighted by Gasteiger charge is 2.21. The van der Waals surface area contributed by atoms with Crippen LogP contribution in [-0.2, 0) is 13.0 Å². The molecule has 2 aromatic carbocycles. The smallest absolute Gasteiger partial charge is 0.263 e. The van der Waals surface area contributed by atoms with E-state index in [1.54, 1.807) is 18.2 Å². The third kappa shape index (κ3) is 4.02. The molecule has 0 N–H and O–H groups in total. The molecule has 164 valence electrons. The third-order valence-corrected chi connectivity index (χ3v) is 6.80. The van der Waals surface area contributed by atoms with Crippen LogP contribution >= 0.6 is 11.3 Å². The molecular formula is C26H25FN2O2S. The first kappa shape index (κ1) is 22.1. The number of benzene rings is 2. The Morgan fingerprint density at radius 1 is 1.06 bits per heavy atom. The Kier molecular flexibility index (Phi) is 6.07. The fourth-order valence-corrected chi connectivity index (χ4v) is 4.98. The van der Waals surface area contributed by atoms with Crippen molar-refractivity contribution in [1.82, 2.24) is 9.55 Å². The molecule has 0 bridgehead atoms. The molecule has 0 unspecified atom stereocenters. The minimum atomic E-state index is -0.328. The molecule has 0 atom stereocenters. The van der Waals surface area contributed by atoms with E-state index >= 15 is 0 Å². The Labute approximate surface area is 190 Å². The number of aromatic nitrogens is 2. The van der Waals surface area contributed by atoms with Crippen LogP contribution in [0.5, 0.6) is 0 Å². The Hall–Kier alpha value is -3.12. The average Bonchev–Trinajstić information content (AvgIpc) is 3.09. The minimum Gasteiger partial charge on any atom is -0.292 e. The summed E-state index contributed by atoms with van der Waals surface area (Å²) in [5.74, 6) is 0.170. The highest BCUT2D eigenvalue weighted by Crippen LogP contribution is 2.36. The number of aryl methyl sites for hydroxylation is 4. The van der Waals surface area contributed by atoms with Crippen LogP contribution in [0, 0.1) is 26.6 Å². The number of thiophene rings is 1. The lowest BCUT2D eigenvalue weighted by atomic mass is 10.0. The second-order valence-corrected chi connectivity index (χ2v) is 9.32. The molecule has 0 radical (unpaired) electrons. The Balaban J connectivity index is 1.88. The molecule has 0 aliphatic carbocycles. The van der Waals surface area contributed by atoms with Crippen molar-refractivity contribution in [3.05, 3.63) is 86.0 Å². The SMILES string of the molecule is CCCc1nc2sc(C)c(-c3ccc(F)cc3)c2c(=O)n1CC(=O)c1ccc(C)c(C)c1. The first-order chi connectivity index (χ1) is 15.3. The fraction of sp³-hybridized carbons (Fsp3) is 0.269. The van der Waals surface area contributed by atoms with Crippen LogP contribution in [0.1, 0.15) is 45.5 Å². The number of halogens is 1. The quantitative estimate of drug-likeness (QED) is 0.339. The molecule has 32 heavy (non-hydrogen) atoms. The van der Waals surface area contributed by atoms with E-state index in [9.17, 15) is 14.0 Å². The Bertz CT molecular complexity index is 1380. The van der Waals surface area contributed by atoms with Crippen molar-refractivity contribution in [2.24, 2.45) is 0 Å². The summed E-state index contributed by atoms with van der Waals surface area (Å²) in [6.07, 6.45) is 1.42. The maximum absolute atomic E-state index is 13.7. The monoisotopic (exact) mass is 448 g/mol. The summed E-state index contributed by atoms with van der Waals surface area (Å²) in [4.78, 5) is 33.2. The Morgan fingerprint density at radius 2 is 1.78 bits per heavy atom. The summed E-state index contributed by atoms with van der Waals surface area (Å²) >= 11 is 1.46. The van der Waals surface area contributed by atoms with Gasteiger partial charge in [-0.3, -0.25) is 14.2 Å². The van der Waals surface area contributed by atoms with Gasteiger partial charge in [0.25, 0.3) is 5.56 Å². The molecule has 0 aliphatic heterocycles. The maximum atomic E-state index is 13.7. The first-order valence-electron chi connectivity index (χ1n) is 10.7. The van der Waals surface area contributed by atoms with Gasteiger partial charge in [0.05, 0.1) is 11.9 Å². The number of rotatable bonds is 6. The first-order valence-corrected chi connectivity index (χ1v) is 11.5. The van der Waals surface area contributed by atoms with Gasteiger partial charge in [0.2, 0.25) is 0 Å². The number of hydrogen-bond acceptors (Lipinski definition) is 4. The molecule has 0 amide bonds. The second kappa shape index (κ2) is 8.79. The van der Waals surface area contributed by atoms with E-state index in [1.165, 1.54) is 28.0 Å². The van der Waals surface area contributed by atoms with Gasteiger partial charge in [-0.05, 0) is 62.1 Å². The summed E-state index contributed by atoms with van der Waals surface area (Å²) in [5, 5.41) is 0.492. The van der Waals surface area contributed by atoms with E-state index in [4.69, 9.17) is 4.98 Å². The minimum absolute atomic E-state index is 0.0582. The van der Waals surface area contributed by atoms with Crippen molar-refractivity contribution < 1.29 is 9.18 Å². The van der Waals surface area contributed by atoms with Crippen molar-refractivity contribution in [2.75, 3.05) is 0 Å². The number of ketones is 1. The molecule has 2 aromatic heterocycles. The van der Waals surface area contributed by atoms with Crippen LogP contribution < -0.4 is 5.56 Å². The lowest BCUT2D eigenvalue weighted by molar-refractivity contribution is 0.0969. The zero-order valence-corrected chi connectivity index (χ0v) is 19.5. The van der Waals surface area contributed by atoms with Gasteiger partial charge in [-0.15, -0.1) is 11.3 Å². The van der Waals surface area contributed by atoms with Crippen molar-refractivity contribution in [3.8, 4) is 11.1 Å². The predicted molar refractivity (Wildman–Crippen MR) is 128 cm³/mol. The summed E-state index contributed by atoms with van der Waals surface area (Å²) in [7, 11) is 0. The predicted octanol–water partition coefficient (Wildman–Crippen LogP) is 6.02. The number of Topliss-reactive ketones (excluding diaryl/α,β-unsaturated/α-hetero) is 1. The summed E-state index contributed by atoms with van der Waals surface area (Å²) in [6, 6.07) is 11.7. The van der Waals surface area contributed by atoms with Crippen LogP contribution in [0.25, 0.3) is 21.3 Å². The largest absolute Gasteiger partial charge is 0.292 e. The van der Waals surface area contributed by atoms with Gasteiger partial charge in [0, 0.05) is 22.4 Å². The van der Waals surface area contributed by atoms with Crippen LogP contribution in [0.3, 0.4) is 0 Å². The molecule has 0 aliphatic rings. The summed E-state index contributed by atoms with van der Waals surface area (Å²) < 4.78 is 15.0. The van der Waals surface area contributed by atoms with Gasteiger partial charge in [0.1, 0.15) is 16.5 Å². The standard InChI is InChI=1S/C26H25FN2O2S/c1-5-6-22-28-25-24(23(17(4)32-25)18-9-11-20(27)12-10-18)26(31)29(22)14-21(30)19-8-7-15(2)16(3)13-19/h7-13H,5-6,14H2,1-4H3. The molecule has 0 fully saturated rings. The van der Waals surface area contributed by atoms with E-state index in [1.807, 2.05) is 39.8 Å². The molecule has 0 saturated carbocycles. The number of carbonyl (C=O) groups excluding carboxylic acids is 1. The van der Waals surface area contributed by atoms with Crippen molar-refractivity contribution in [3.63, 3.8) is 0 Å². The van der Waals surface area contributed by atoms with Crippen LogP contribution in [0.4, 0.5) is 4.39 Å². The highest BCUT2D eigenvalue weighted by molar-refractivity contribution is 7.19. The lowest BCUT2D eigenvalue weighted by Gasteiger charge is -2.13. The summed E-state index contributed by atoms with van der Waals surface area (Å²) in [6.45, 7) is 7.88. The highest BCUT2D eigenvalue weighted by atomic mass is 32.1. The molecular weight excluding hydrogens is 423 g/mol. The lowest BCUT2D eigenvalue weighted by Crippen LogP contribution is -2.28. The normalized spacial score (nSPS) is 11.3. The van der Waals surface area contributed by atoms with Crippen LogP contribution in [-0.4, -0.2) is 15.3 Å². The summed E-state index contributed by atoms with van der Waals surface area (Å²) in [5.41, 5.74) is 4.05. The van der Waals surface area contributed by atoms with Crippen molar-refractivity contribution >= 4 is 27.3 Å².